The van der Waals surface area contributed by atoms with Gasteiger partial charge in [0.15, 0.2) is 0 Å². The molecule has 2 nitrogen and oxygen atoms in total. The van der Waals surface area contributed by atoms with Gasteiger partial charge in [-0.15, -0.1) is 0 Å². The summed E-state index contributed by atoms with van der Waals surface area (Å²) in [7, 11) is 0. The molecular weight excluding hydrogens is 174 g/mol. The zero-order valence-corrected chi connectivity index (χ0v) is 11.3. The predicted molar refractivity (Wildman–Crippen MR) is 40.6 cm³/mol. The minimum atomic E-state index is -1.16. The molecule has 12 heavy (non-hydrogen) atoms. The third-order valence-electron chi connectivity index (χ3n) is 1.08. The minimum Gasteiger partial charge on any atom is -0.549 e. The summed E-state index contributed by atoms with van der Waals surface area (Å²) in [5.74, 6) is -1.16. The molecule has 0 unspecified atom stereocenters. The Labute approximate surface area is 116 Å². The van der Waals surface area contributed by atoms with E-state index in [0.29, 0.717) is 5.56 Å². The van der Waals surface area contributed by atoms with Crippen molar-refractivity contribution in [2.24, 2.45) is 0 Å². The monoisotopic (exact) mass is 180 g/mol. The van der Waals surface area contributed by atoms with Crippen LogP contribution < -0.4 is 34.7 Å². The molecule has 0 fully saturated rings. The van der Waals surface area contributed by atoms with Gasteiger partial charge in [-0.3, -0.25) is 0 Å². The van der Waals surface area contributed by atoms with Crippen molar-refractivity contribution >= 4 is 35.5 Å². The van der Waals surface area contributed by atoms with Crippen LogP contribution in [0.2, 0.25) is 0 Å². The summed E-state index contributed by atoms with van der Waals surface area (Å²) in [4.78, 5) is 10.0. The third kappa shape index (κ3) is 6.23. The first-order chi connectivity index (χ1) is 4.79. The van der Waals surface area contributed by atoms with Crippen molar-refractivity contribution in [3.05, 3.63) is 42.3 Å². The Morgan fingerprint density at radius 2 is 1.75 bits per heavy atom. The van der Waals surface area contributed by atoms with Crippen molar-refractivity contribution in [2.45, 2.75) is 0 Å². The van der Waals surface area contributed by atoms with E-state index in [1.54, 1.807) is 24.3 Å². The molecule has 0 aliphatic carbocycles. The Balaban J connectivity index is 0. The fourth-order valence-electron chi connectivity index (χ4n) is 0.685. The van der Waals surface area contributed by atoms with Crippen LogP contribution in [0.4, 0.5) is 0 Å². The normalized spacial score (nSPS) is 7.67. The maximum Gasteiger partial charge on any atom is 1.00 e. The summed E-state index contributed by atoms with van der Waals surface area (Å²) >= 11 is 0. The molecular formula is C8H6Na2O2. The van der Waals surface area contributed by atoms with Gasteiger partial charge in [-0.25, -0.2) is 0 Å². The Kier molecular flexibility index (Phi) is 10.5. The standard InChI is InChI=1S/C8H7O2.2Na/c9-8(10)6-7-4-2-1-3-5-7;;/h1-6H,(H,9,10);;/q;;+1/p-1. The van der Waals surface area contributed by atoms with Gasteiger partial charge in [0.25, 0.3) is 0 Å². The number of carbonyl (C=O) groups is 1. The molecule has 0 bridgehead atoms. The van der Waals surface area contributed by atoms with Crippen LogP contribution in [0.15, 0.2) is 30.3 Å². The number of carboxylic acid groups (broad SMARTS) is 1. The average molecular weight is 180 g/mol. The van der Waals surface area contributed by atoms with Crippen molar-refractivity contribution in [2.75, 3.05) is 0 Å². The van der Waals surface area contributed by atoms with Crippen LogP contribution in [-0.2, 0) is 4.79 Å². The second-order valence-corrected chi connectivity index (χ2v) is 1.87. The first-order valence-electron chi connectivity index (χ1n) is 2.90. The van der Waals surface area contributed by atoms with E-state index < -0.39 is 5.97 Å². The molecule has 0 aliphatic heterocycles. The summed E-state index contributed by atoms with van der Waals surface area (Å²) in [5, 5.41) is 10.0. The van der Waals surface area contributed by atoms with Gasteiger partial charge >= 0.3 is 29.6 Å². The molecule has 0 spiro atoms. The number of carboxylic acids is 1. The SMILES string of the molecule is O=C([O-])[CH]c1ccccc1.[Na+].[Na]. The fourth-order valence-corrected chi connectivity index (χ4v) is 0.685. The van der Waals surface area contributed by atoms with Gasteiger partial charge in [-0.1, -0.05) is 30.3 Å². The smallest absolute Gasteiger partial charge is 0.549 e. The molecule has 1 aromatic carbocycles. The van der Waals surface area contributed by atoms with Crippen molar-refractivity contribution in [3.63, 3.8) is 0 Å². The number of aliphatic carboxylic acids is 1. The first kappa shape index (κ1) is 15.2. The second-order valence-electron chi connectivity index (χ2n) is 1.87. The van der Waals surface area contributed by atoms with Crippen molar-refractivity contribution < 1.29 is 39.5 Å². The molecule has 1 rings (SSSR count). The van der Waals surface area contributed by atoms with Gasteiger partial charge in [0.2, 0.25) is 0 Å². The van der Waals surface area contributed by atoms with Crippen LogP contribution in [0.1, 0.15) is 5.56 Å². The fraction of sp³-hybridized carbons (Fsp3) is 0. The molecule has 0 aromatic heterocycles. The van der Waals surface area contributed by atoms with E-state index >= 15 is 0 Å². The van der Waals surface area contributed by atoms with E-state index in [0.717, 1.165) is 6.42 Å². The van der Waals surface area contributed by atoms with Crippen LogP contribution in [0.3, 0.4) is 0 Å². The number of hydrogen-bond acceptors (Lipinski definition) is 2. The second kappa shape index (κ2) is 8.30. The number of rotatable bonds is 2. The first-order valence-corrected chi connectivity index (χ1v) is 2.90. The molecule has 0 N–H and O–H groups in total. The van der Waals surface area contributed by atoms with Crippen LogP contribution in [0.5, 0.6) is 0 Å². The van der Waals surface area contributed by atoms with Crippen molar-refractivity contribution in [3.8, 4) is 0 Å². The maximum atomic E-state index is 10.0. The molecule has 52 valence electrons. The van der Waals surface area contributed by atoms with Gasteiger partial charge in [-0.05, 0) is 5.56 Å². The van der Waals surface area contributed by atoms with Gasteiger partial charge in [-0.2, -0.15) is 0 Å². The Morgan fingerprint density at radius 3 is 2.17 bits per heavy atom. The molecule has 0 saturated carbocycles. The Morgan fingerprint density at radius 1 is 1.25 bits per heavy atom. The van der Waals surface area contributed by atoms with Crippen molar-refractivity contribution in [1.82, 2.24) is 0 Å². The maximum absolute atomic E-state index is 10.0. The molecule has 0 atom stereocenters. The molecule has 0 aliphatic rings. The Hall–Kier alpha value is 0.690. The van der Waals surface area contributed by atoms with E-state index in [2.05, 4.69) is 0 Å². The average Bonchev–Trinajstić information content (AvgIpc) is 1.88. The van der Waals surface area contributed by atoms with E-state index in [4.69, 9.17) is 0 Å². The van der Waals surface area contributed by atoms with Crippen LogP contribution >= 0.6 is 0 Å². The largest absolute Gasteiger partial charge is 1.00 e. The van der Waals surface area contributed by atoms with Crippen LogP contribution in [0, 0.1) is 6.42 Å². The third-order valence-corrected chi connectivity index (χ3v) is 1.08. The van der Waals surface area contributed by atoms with Gasteiger partial charge in [0, 0.05) is 41.9 Å². The van der Waals surface area contributed by atoms with Crippen molar-refractivity contribution in [1.29, 1.82) is 0 Å². The summed E-state index contributed by atoms with van der Waals surface area (Å²) in [6.07, 6.45) is 1.06. The predicted octanol–water partition coefficient (Wildman–Crippen LogP) is -3.39. The number of carbonyl (C=O) groups excluding carboxylic acids is 1. The van der Waals surface area contributed by atoms with Gasteiger partial charge in [0.1, 0.15) is 0 Å². The molecule has 0 saturated heterocycles. The topological polar surface area (TPSA) is 40.1 Å². The summed E-state index contributed by atoms with van der Waals surface area (Å²) < 4.78 is 0. The zero-order chi connectivity index (χ0) is 7.40. The molecule has 1 aromatic rings. The molecule has 2 radical (unpaired) electrons. The minimum absolute atomic E-state index is 0. The molecule has 0 heterocycles. The van der Waals surface area contributed by atoms with Gasteiger partial charge < -0.3 is 9.90 Å². The van der Waals surface area contributed by atoms with Crippen LogP contribution in [-0.4, -0.2) is 35.5 Å². The quantitative estimate of drug-likeness (QED) is 0.445. The van der Waals surface area contributed by atoms with E-state index in [-0.39, 0.29) is 59.1 Å². The van der Waals surface area contributed by atoms with E-state index in [1.807, 2.05) is 6.07 Å². The van der Waals surface area contributed by atoms with Crippen LogP contribution in [0.25, 0.3) is 0 Å². The summed E-state index contributed by atoms with van der Waals surface area (Å²) in [6, 6.07) is 8.78. The molecule has 0 amide bonds. The van der Waals surface area contributed by atoms with Gasteiger partial charge in [0.05, 0.1) is 0 Å². The number of benzene rings is 1. The Bertz CT molecular complexity index is 224. The summed E-state index contributed by atoms with van der Waals surface area (Å²) in [6.45, 7) is 0. The number of hydrogen-bond donors (Lipinski definition) is 0. The molecule has 4 heteroatoms. The van der Waals surface area contributed by atoms with E-state index in [9.17, 15) is 9.90 Å². The summed E-state index contributed by atoms with van der Waals surface area (Å²) in [5.41, 5.74) is 0.655. The zero-order valence-electron chi connectivity index (χ0n) is 7.28. The van der Waals surface area contributed by atoms with E-state index in [1.165, 1.54) is 0 Å².